The average molecular weight is 325 g/mol. The Balaban J connectivity index is 2.06. The first-order valence-corrected chi connectivity index (χ1v) is 8.40. The largest absolute Gasteiger partial charge is 0.481 e. The molecular weight excluding hydrogens is 298 g/mol. The SMILES string of the molecule is Cc1cc(C)c(C(C)NC(=O)C(C)Oc2ccccc2C)cc1C. The maximum absolute atomic E-state index is 12.5. The van der Waals surface area contributed by atoms with Crippen LogP contribution in [0.1, 0.15) is 47.7 Å². The summed E-state index contributed by atoms with van der Waals surface area (Å²) in [5.41, 5.74) is 5.87. The molecule has 1 amide bonds. The normalized spacial score (nSPS) is 13.2. The van der Waals surface area contributed by atoms with E-state index in [2.05, 4.69) is 38.2 Å². The highest BCUT2D eigenvalue weighted by Gasteiger charge is 2.19. The van der Waals surface area contributed by atoms with Crippen LogP contribution in [-0.4, -0.2) is 12.0 Å². The third-order valence-corrected chi connectivity index (χ3v) is 4.47. The minimum Gasteiger partial charge on any atom is -0.481 e. The van der Waals surface area contributed by atoms with Gasteiger partial charge in [-0.1, -0.05) is 30.3 Å². The molecule has 0 spiro atoms. The Hall–Kier alpha value is -2.29. The van der Waals surface area contributed by atoms with E-state index >= 15 is 0 Å². The first-order valence-electron chi connectivity index (χ1n) is 8.40. The fraction of sp³-hybridized carbons (Fsp3) is 0.381. The molecule has 2 aromatic carbocycles. The molecule has 2 unspecified atom stereocenters. The summed E-state index contributed by atoms with van der Waals surface area (Å²) in [6.07, 6.45) is -0.541. The van der Waals surface area contributed by atoms with E-state index in [-0.39, 0.29) is 11.9 Å². The number of nitrogens with one attached hydrogen (secondary N) is 1. The maximum Gasteiger partial charge on any atom is 0.261 e. The number of hydrogen-bond acceptors (Lipinski definition) is 2. The van der Waals surface area contributed by atoms with Gasteiger partial charge in [0.2, 0.25) is 0 Å². The fourth-order valence-electron chi connectivity index (χ4n) is 2.79. The van der Waals surface area contributed by atoms with Crippen molar-refractivity contribution in [2.24, 2.45) is 0 Å². The van der Waals surface area contributed by atoms with E-state index in [0.717, 1.165) is 16.9 Å². The van der Waals surface area contributed by atoms with E-state index < -0.39 is 6.10 Å². The summed E-state index contributed by atoms with van der Waals surface area (Å²) in [7, 11) is 0. The second-order valence-electron chi connectivity index (χ2n) is 6.55. The Labute approximate surface area is 145 Å². The van der Waals surface area contributed by atoms with Crippen LogP contribution in [0.2, 0.25) is 0 Å². The zero-order chi connectivity index (χ0) is 17.9. The molecule has 2 aromatic rings. The predicted molar refractivity (Wildman–Crippen MR) is 98.5 cm³/mol. The zero-order valence-electron chi connectivity index (χ0n) is 15.4. The number of aryl methyl sites for hydroxylation is 4. The Bertz CT molecular complexity index is 737. The molecule has 0 aliphatic carbocycles. The molecule has 0 aliphatic rings. The quantitative estimate of drug-likeness (QED) is 0.875. The molecule has 2 rings (SSSR count). The second kappa shape index (κ2) is 7.52. The number of ether oxygens (including phenoxy) is 1. The van der Waals surface area contributed by atoms with Crippen LogP contribution in [0.15, 0.2) is 36.4 Å². The lowest BCUT2D eigenvalue weighted by molar-refractivity contribution is -0.127. The molecule has 2 atom stereocenters. The van der Waals surface area contributed by atoms with Crippen LogP contribution in [-0.2, 0) is 4.79 Å². The van der Waals surface area contributed by atoms with Crippen LogP contribution < -0.4 is 10.1 Å². The molecule has 128 valence electrons. The lowest BCUT2D eigenvalue weighted by atomic mass is 9.96. The summed E-state index contributed by atoms with van der Waals surface area (Å²) in [5, 5.41) is 3.06. The predicted octanol–water partition coefficient (Wildman–Crippen LogP) is 4.56. The molecule has 0 aliphatic heterocycles. The molecule has 1 N–H and O–H groups in total. The van der Waals surface area contributed by atoms with Gasteiger partial charge in [0.05, 0.1) is 6.04 Å². The van der Waals surface area contributed by atoms with Crippen LogP contribution >= 0.6 is 0 Å². The van der Waals surface area contributed by atoms with Crippen LogP contribution in [0.3, 0.4) is 0 Å². The summed E-state index contributed by atoms with van der Waals surface area (Å²) < 4.78 is 5.80. The van der Waals surface area contributed by atoms with E-state index in [1.807, 2.05) is 38.1 Å². The monoisotopic (exact) mass is 325 g/mol. The standard InChI is InChI=1S/C21H27NO2/c1-13-9-7-8-10-20(13)24-18(6)21(23)22-17(5)19-12-15(3)14(2)11-16(19)4/h7-12,17-18H,1-6H3,(H,22,23). The number of amides is 1. The van der Waals surface area contributed by atoms with Crippen molar-refractivity contribution in [3.63, 3.8) is 0 Å². The summed E-state index contributed by atoms with van der Waals surface area (Å²) in [6.45, 7) is 12.0. The minimum absolute atomic E-state index is 0.0558. The topological polar surface area (TPSA) is 38.3 Å². The zero-order valence-corrected chi connectivity index (χ0v) is 15.4. The number of carbonyl (C=O) groups is 1. The molecule has 0 bridgehead atoms. The van der Waals surface area contributed by atoms with Crippen LogP contribution in [0.5, 0.6) is 5.75 Å². The van der Waals surface area contributed by atoms with Crippen molar-refractivity contribution in [3.05, 3.63) is 64.2 Å². The third kappa shape index (κ3) is 4.16. The van der Waals surface area contributed by atoms with Crippen molar-refractivity contribution in [1.29, 1.82) is 0 Å². The first kappa shape index (κ1) is 18.1. The van der Waals surface area contributed by atoms with Crippen molar-refractivity contribution in [3.8, 4) is 5.75 Å². The van der Waals surface area contributed by atoms with Crippen LogP contribution in [0, 0.1) is 27.7 Å². The molecule has 24 heavy (non-hydrogen) atoms. The molecule has 0 heterocycles. The van der Waals surface area contributed by atoms with Crippen molar-refractivity contribution < 1.29 is 9.53 Å². The van der Waals surface area contributed by atoms with Gasteiger partial charge in [0.1, 0.15) is 5.75 Å². The van der Waals surface area contributed by atoms with Gasteiger partial charge >= 0.3 is 0 Å². The van der Waals surface area contributed by atoms with Gasteiger partial charge < -0.3 is 10.1 Å². The lowest BCUT2D eigenvalue weighted by Crippen LogP contribution is -2.38. The van der Waals surface area contributed by atoms with E-state index in [1.165, 1.54) is 16.7 Å². The van der Waals surface area contributed by atoms with E-state index in [4.69, 9.17) is 4.74 Å². The number of para-hydroxylation sites is 1. The van der Waals surface area contributed by atoms with Crippen LogP contribution in [0.4, 0.5) is 0 Å². The summed E-state index contributed by atoms with van der Waals surface area (Å²) in [5.74, 6) is 0.638. The highest BCUT2D eigenvalue weighted by Crippen LogP contribution is 2.22. The van der Waals surface area contributed by atoms with Crippen LogP contribution in [0.25, 0.3) is 0 Å². The molecule has 3 nitrogen and oxygen atoms in total. The molecule has 0 fully saturated rings. The van der Waals surface area contributed by atoms with Gasteiger partial charge in [-0.25, -0.2) is 0 Å². The van der Waals surface area contributed by atoms with Crippen molar-refractivity contribution in [2.75, 3.05) is 0 Å². The molecular formula is C21H27NO2. The lowest BCUT2D eigenvalue weighted by Gasteiger charge is -2.21. The first-order chi connectivity index (χ1) is 11.3. The Morgan fingerprint density at radius 2 is 1.54 bits per heavy atom. The average Bonchev–Trinajstić information content (AvgIpc) is 2.52. The number of hydrogen-bond donors (Lipinski definition) is 1. The van der Waals surface area contributed by atoms with Gasteiger partial charge in [-0.2, -0.15) is 0 Å². The van der Waals surface area contributed by atoms with Gasteiger partial charge in [-0.15, -0.1) is 0 Å². The second-order valence-corrected chi connectivity index (χ2v) is 6.55. The Morgan fingerprint density at radius 1 is 0.917 bits per heavy atom. The highest BCUT2D eigenvalue weighted by atomic mass is 16.5. The third-order valence-electron chi connectivity index (χ3n) is 4.47. The number of carbonyl (C=O) groups excluding carboxylic acids is 1. The van der Waals surface area contributed by atoms with E-state index in [1.54, 1.807) is 6.92 Å². The van der Waals surface area contributed by atoms with Gasteiger partial charge in [0.15, 0.2) is 6.10 Å². The molecule has 0 aromatic heterocycles. The van der Waals surface area contributed by atoms with Gasteiger partial charge in [0.25, 0.3) is 5.91 Å². The highest BCUT2D eigenvalue weighted by molar-refractivity contribution is 5.81. The molecule has 0 saturated carbocycles. The summed E-state index contributed by atoms with van der Waals surface area (Å²) >= 11 is 0. The van der Waals surface area contributed by atoms with Crippen molar-refractivity contribution >= 4 is 5.91 Å². The van der Waals surface area contributed by atoms with Crippen molar-refractivity contribution in [2.45, 2.75) is 53.7 Å². The molecule has 3 heteroatoms. The molecule has 0 saturated heterocycles. The minimum atomic E-state index is -0.541. The Morgan fingerprint density at radius 3 is 2.21 bits per heavy atom. The number of rotatable bonds is 5. The Kier molecular flexibility index (Phi) is 5.66. The summed E-state index contributed by atoms with van der Waals surface area (Å²) in [6, 6.07) is 12.0. The maximum atomic E-state index is 12.5. The van der Waals surface area contributed by atoms with Gasteiger partial charge in [-0.05, 0) is 75.4 Å². The number of benzene rings is 2. The van der Waals surface area contributed by atoms with Gasteiger partial charge in [0, 0.05) is 0 Å². The van der Waals surface area contributed by atoms with E-state index in [9.17, 15) is 4.79 Å². The fourth-order valence-corrected chi connectivity index (χ4v) is 2.79. The van der Waals surface area contributed by atoms with Crippen molar-refractivity contribution in [1.82, 2.24) is 5.32 Å². The van der Waals surface area contributed by atoms with E-state index in [0.29, 0.717) is 0 Å². The summed E-state index contributed by atoms with van der Waals surface area (Å²) in [4.78, 5) is 12.5. The smallest absolute Gasteiger partial charge is 0.261 e. The van der Waals surface area contributed by atoms with Gasteiger partial charge in [-0.3, -0.25) is 4.79 Å². The molecule has 0 radical (unpaired) electrons.